The fourth-order valence-electron chi connectivity index (χ4n) is 2.01. The van der Waals surface area contributed by atoms with E-state index < -0.39 is 0 Å². The zero-order valence-electron chi connectivity index (χ0n) is 12.8. The highest BCUT2D eigenvalue weighted by atomic mass is 35.5. The van der Waals surface area contributed by atoms with Crippen molar-refractivity contribution in [1.29, 1.82) is 0 Å². The Hall–Kier alpha value is -2.38. The number of hydrogen-bond donors (Lipinski definition) is 1. The van der Waals surface area contributed by atoms with Crippen LogP contribution < -0.4 is 5.32 Å². The number of nitrogens with one attached hydrogen (secondary N) is 1. The molecule has 0 radical (unpaired) electrons. The monoisotopic (exact) mass is 359 g/mol. The molecule has 24 heavy (non-hydrogen) atoms. The molecular weight excluding hydrogens is 346 g/mol. The summed E-state index contributed by atoms with van der Waals surface area (Å²) in [6, 6.07) is 16.5. The number of para-hydroxylation sites is 1. The van der Waals surface area contributed by atoms with Gasteiger partial charge in [0.15, 0.2) is 0 Å². The van der Waals surface area contributed by atoms with E-state index in [9.17, 15) is 4.79 Å². The molecule has 1 amide bonds. The number of thioether (sulfide) groups is 1. The Morgan fingerprint density at radius 3 is 2.75 bits per heavy atom. The zero-order chi connectivity index (χ0) is 16.9. The Labute approximate surface area is 148 Å². The summed E-state index contributed by atoms with van der Waals surface area (Å²) < 4.78 is 1.60. The number of carbonyl (C=O) groups is 1. The van der Waals surface area contributed by atoms with Crippen molar-refractivity contribution in [2.45, 2.75) is 17.3 Å². The van der Waals surface area contributed by atoms with Gasteiger partial charge in [0, 0.05) is 10.7 Å². The molecule has 0 fully saturated rings. The van der Waals surface area contributed by atoms with Gasteiger partial charge in [0.05, 0.1) is 10.9 Å². The number of halogens is 1. The second-order valence-corrected chi connectivity index (χ2v) is 6.71. The lowest BCUT2D eigenvalue weighted by atomic mass is 10.3. The summed E-state index contributed by atoms with van der Waals surface area (Å²) in [5, 5.41) is 15.3. The molecule has 0 saturated carbocycles. The largest absolute Gasteiger partial charge is 0.325 e. The molecule has 0 saturated heterocycles. The van der Waals surface area contributed by atoms with Crippen LogP contribution in [0.25, 0.3) is 5.69 Å². The van der Waals surface area contributed by atoms with Gasteiger partial charge in [-0.25, -0.2) is 0 Å². The molecule has 8 heteroatoms. The molecule has 1 N–H and O–H groups in total. The number of anilines is 1. The maximum Gasteiger partial charge on any atom is 0.237 e. The topological polar surface area (TPSA) is 72.7 Å². The first kappa shape index (κ1) is 16.5. The average molecular weight is 360 g/mol. The lowest BCUT2D eigenvalue weighted by Gasteiger charge is -2.12. The number of tetrazole rings is 1. The summed E-state index contributed by atoms with van der Waals surface area (Å²) in [4.78, 5) is 12.3. The number of benzene rings is 2. The normalized spacial score (nSPS) is 11.9. The van der Waals surface area contributed by atoms with E-state index in [4.69, 9.17) is 11.6 Å². The van der Waals surface area contributed by atoms with Crippen LogP contribution in [0.15, 0.2) is 59.8 Å². The van der Waals surface area contributed by atoms with Crippen LogP contribution in [-0.4, -0.2) is 31.4 Å². The Balaban J connectivity index is 1.70. The highest BCUT2D eigenvalue weighted by Crippen LogP contribution is 2.24. The second kappa shape index (κ2) is 7.46. The van der Waals surface area contributed by atoms with Crippen LogP contribution in [0.2, 0.25) is 5.02 Å². The standard InChI is InChI=1S/C16H14ClN5OS/c1-11(15(23)18-13-7-5-6-12(17)10-13)24-16-19-20-21-22(16)14-8-3-2-4-9-14/h2-11H,1H3,(H,18,23)/t11-/m0/s1. The van der Waals surface area contributed by atoms with Crippen LogP contribution in [0.4, 0.5) is 5.69 Å². The van der Waals surface area contributed by atoms with Gasteiger partial charge < -0.3 is 5.32 Å². The van der Waals surface area contributed by atoms with Crippen molar-refractivity contribution in [3.63, 3.8) is 0 Å². The maximum absolute atomic E-state index is 12.3. The molecule has 0 aliphatic heterocycles. The van der Waals surface area contributed by atoms with Crippen molar-refractivity contribution < 1.29 is 4.79 Å². The molecule has 0 aliphatic rings. The number of hydrogen-bond acceptors (Lipinski definition) is 5. The van der Waals surface area contributed by atoms with E-state index in [0.717, 1.165) is 5.69 Å². The van der Waals surface area contributed by atoms with Crippen molar-refractivity contribution in [1.82, 2.24) is 20.2 Å². The van der Waals surface area contributed by atoms with E-state index in [0.29, 0.717) is 15.9 Å². The third-order valence-corrected chi connectivity index (χ3v) is 4.45. The lowest BCUT2D eigenvalue weighted by molar-refractivity contribution is -0.115. The highest BCUT2D eigenvalue weighted by molar-refractivity contribution is 8.00. The van der Waals surface area contributed by atoms with E-state index in [1.165, 1.54) is 11.8 Å². The van der Waals surface area contributed by atoms with E-state index in [1.54, 1.807) is 35.9 Å². The summed E-state index contributed by atoms with van der Waals surface area (Å²) in [6.45, 7) is 1.80. The highest BCUT2D eigenvalue weighted by Gasteiger charge is 2.19. The predicted molar refractivity (Wildman–Crippen MR) is 94.6 cm³/mol. The number of aromatic nitrogens is 4. The number of rotatable bonds is 5. The Morgan fingerprint density at radius 1 is 1.21 bits per heavy atom. The summed E-state index contributed by atoms with van der Waals surface area (Å²) in [5.41, 5.74) is 1.50. The molecule has 6 nitrogen and oxygen atoms in total. The molecule has 0 bridgehead atoms. The lowest BCUT2D eigenvalue weighted by Crippen LogP contribution is -2.22. The predicted octanol–water partition coefficient (Wildman–Crippen LogP) is 3.44. The molecule has 0 spiro atoms. The van der Waals surface area contributed by atoms with Crippen molar-refractivity contribution >= 4 is 35.0 Å². The molecule has 2 aromatic carbocycles. The van der Waals surface area contributed by atoms with E-state index in [2.05, 4.69) is 20.8 Å². The van der Waals surface area contributed by atoms with Crippen LogP contribution in [0.1, 0.15) is 6.92 Å². The molecular formula is C16H14ClN5OS. The minimum Gasteiger partial charge on any atom is -0.325 e. The zero-order valence-corrected chi connectivity index (χ0v) is 14.3. The van der Waals surface area contributed by atoms with Crippen LogP contribution in [0.5, 0.6) is 0 Å². The van der Waals surface area contributed by atoms with Crippen molar-refractivity contribution in [2.75, 3.05) is 5.32 Å². The quantitative estimate of drug-likeness (QED) is 0.706. The Kier molecular flexibility index (Phi) is 5.12. The van der Waals surface area contributed by atoms with Gasteiger partial charge in [-0.15, -0.1) is 5.10 Å². The van der Waals surface area contributed by atoms with Gasteiger partial charge in [-0.3, -0.25) is 4.79 Å². The van der Waals surface area contributed by atoms with Gasteiger partial charge in [-0.05, 0) is 47.7 Å². The molecule has 0 aliphatic carbocycles. The third-order valence-electron chi connectivity index (χ3n) is 3.19. The van der Waals surface area contributed by atoms with Gasteiger partial charge >= 0.3 is 0 Å². The first-order valence-electron chi connectivity index (χ1n) is 7.20. The van der Waals surface area contributed by atoms with Gasteiger partial charge in [-0.2, -0.15) is 4.68 Å². The summed E-state index contributed by atoms with van der Waals surface area (Å²) in [5.74, 6) is -0.148. The molecule has 1 aromatic heterocycles. The van der Waals surface area contributed by atoms with E-state index in [1.807, 2.05) is 30.3 Å². The molecule has 3 aromatic rings. The number of amides is 1. The molecule has 1 atom stereocenters. The molecule has 0 unspecified atom stereocenters. The van der Waals surface area contributed by atoms with Gasteiger partial charge in [-0.1, -0.05) is 47.6 Å². The van der Waals surface area contributed by atoms with E-state index >= 15 is 0 Å². The van der Waals surface area contributed by atoms with Crippen LogP contribution in [0.3, 0.4) is 0 Å². The summed E-state index contributed by atoms with van der Waals surface area (Å²) in [7, 11) is 0. The first-order chi connectivity index (χ1) is 11.6. The second-order valence-electron chi connectivity index (χ2n) is 4.97. The first-order valence-corrected chi connectivity index (χ1v) is 8.46. The maximum atomic E-state index is 12.3. The van der Waals surface area contributed by atoms with Gasteiger partial charge in [0.25, 0.3) is 0 Å². The smallest absolute Gasteiger partial charge is 0.237 e. The van der Waals surface area contributed by atoms with Crippen molar-refractivity contribution in [3.8, 4) is 5.69 Å². The van der Waals surface area contributed by atoms with Crippen LogP contribution in [0, 0.1) is 0 Å². The van der Waals surface area contributed by atoms with Crippen molar-refractivity contribution in [3.05, 3.63) is 59.6 Å². The minimum atomic E-state index is -0.377. The fraction of sp³-hybridized carbons (Fsp3) is 0.125. The van der Waals surface area contributed by atoms with Gasteiger partial charge in [0.2, 0.25) is 11.1 Å². The third kappa shape index (κ3) is 3.93. The molecule has 3 rings (SSSR count). The van der Waals surface area contributed by atoms with Crippen LogP contribution in [-0.2, 0) is 4.79 Å². The minimum absolute atomic E-state index is 0.148. The molecule has 122 valence electrons. The fourth-order valence-corrected chi connectivity index (χ4v) is 3.00. The number of nitrogens with zero attached hydrogens (tertiary/aromatic N) is 4. The van der Waals surface area contributed by atoms with Gasteiger partial charge in [0.1, 0.15) is 0 Å². The Bertz CT molecular complexity index is 839. The van der Waals surface area contributed by atoms with Crippen LogP contribution >= 0.6 is 23.4 Å². The average Bonchev–Trinajstić information content (AvgIpc) is 3.03. The van der Waals surface area contributed by atoms with Crippen molar-refractivity contribution in [2.24, 2.45) is 0 Å². The Morgan fingerprint density at radius 2 is 2.00 bits per heavy atom. The number of carbonyl (C=O) groups excluding carboxylic acids is 1. The molecule has 1 heterocycles. The van der Waals surface area contributed by atoms with E-state index in [-0.39, 0.29) is 11.2 Å². The SMILES string of the molecule is C[C@H](Sc1nnnn1-c1ccccc1)C(=O)Nc1cccc(Cl)c1. The summed E-state index contributed by atoms with van der Waals surface area (Å²) >= 11 is 7.21. The summed E-state index contributed by atoms with van der Waals surface area (Å²) in [6.07, 6.45) is 0.